The van der Waals surface area contributed by atoms with E-state index in [0.29, 0.717) is 50.2 Å². The summed E-state index contributed by atoms with van der Waals surface area (Å²) in [5, 5.41) is 12.3. The Labute approximate surface area is 241 Å². The summed E-state index contributed by atoms with van der Waals surface area (Å²) in [6.45, 7) is 1.74. The molecule has 9 heteroatoms. The summed E-state index contributed by atoms with van der Waals surface area (Å²) in [4.78, 5) is 16.6. The number of aromatic hydroxyl groups is 1. The lowest BCUT2D eigenvalue weighted by atomic mass is 9.95. The van der Waals surface area contributed by atoms with Gasteiger partial charge in [0.25, 0.3) is 0 Å². The van der Waals surface area contributed by atoms with E-state index in [4.69, 9.17) is 4.42 Å². The molecule has 4 aromatic carbocycles. The van der Waals surface area contributed by atoms with Gasteiger partial charge in [0.15, 0.2) is 5.78 Å². The van der Waals surface area contributed by atoms with Gasteiger partial charge < -0.3 is 14.5 Å². The highest BCUT2D eigenvalue weighted by atomic mass is 32.2. The minimum absolute atomic E-state index is 0.0492. The molecule has 212 valence electrons. The van der Waals surface area contributed by atoms with Crippen LogP contribution in [0.5, 0.6) is 5.75 Å². The Kier molecular flexibility index (Phi) is 6.62. The van der Waals surface area contributed by atoms with Gasteiger partial charge in [-0.15, -0.1) is 0 Å². The van der Waals surface area contributed by atoms with Crippen LogP contribution in [0, 0.1) is 5.82 Å². The Hall–Kier alpha value is -4.89. The minimum Gasteiger partial charge on any atom is -0.507 e. The van der Waals surface area contributed by atoms with Gasteiger partial charge >= 0.3 is 0 Å². The monoisotopic (exact) mass is 582 g/mol. The maximum absolute atomic E-state index is 13.7. The summed E-state index contributed by atoms with van der Waals surface area (Å²) in [5.74, 6) is -0.261. The third-order valence-corrected chi connectivity index (χ3v) is 8.67. The number of benzene rings is 4. The van der Waals surface area contributed by atoms with E-state index in [2.05, 4.69) is 4.98 Å². The van der Waals surface area contributed by atoms with Crippen LogP contribution in [0.2, 0.25) is 0 Å². The zero-order valence-electron chi connectivity index (χ0n) is 23.1. The Balaban J connectivity index is 1.63. The average Bonchev–Trinajstić information content (AvgIpc) is 3.57. The predicted molar refractivity (Wildman–Crippen MR) is 164 cm³/mol. The number of rotatable bonds is 7. The Morgan fingerprint density at radius 1 is 0.952 bits per heavy atom. The SMILES string of the molecule is CCC(=O)c1c(-c2ccc(F)cc2)oc2cc(N(C)S(C)(=O)=O)c(-c3ccc(O)c(-c4cc5ccccc5[nH]4)c3)cc12. The van der Waals surface area contributed by atoms with Gasteiger partial charge in [-0.1, -0.05) is 31.2 Å². The minimum atomic E-state index is -3.70. The first-order chi connectivity index (χ1) is 20.0. The number of carbonyl (C=O) groups excluding carboxylic acids is 1. The smallest absolute Gasteiger partial charge is 0.232 e. The lowest BCUT2D eigenvalue weighted by Gasteiger charge is -2.21. The number of fused-ring (bicyclic) bond motifs is 2. The number of H-pyrrole nitrogens is 1. The molecule has 6 rings (SSSR count). The molecule has 0 aliphatic carbocycles. The van der Waals surface area contributed by atoms with Crippen LogP contribution in [0.25, 0.3) is 55.6 Å². The van der Waals surface area contributed by atoms with Crippen molar-refractivity contribution in [2.24, 2.45) is 0 Å². The van der Waals surface area contributed by atoms with Crippen LogP contribution in [-0.2, 0) is 10.0 Å². The van der Waals surface area contributed by atoms with Crippen LogP contribution in [-0.4, -0.2) is 37.6 Å². The van der Waals surface area contributed by atoms with Crippen molar-refractivity contribution in [1.29, 1.82) is 0 Å². The number of furan rings is 1. The first-order valence-corrected chi connectivity index (χ1v) is 15.1. The molecule has 42 heavy (non-hydrogen) atoms. The standard InChI is InChI=1S/C33H27FN2O5S/c1-4-29(37)32-25-17-23(20-11-14-30(38)24(15-20)27-16-21-7-5-6-8-26(21)35-27)28(36(2)42(3,39)40)18-31(25)41-33(32)19-9-12-22(34)13-10-19/h5-18,35,38H,4H2,1-3H3. The molecule has 0 bridgehead atoms. The molecule has 0 saturated carbocycles. The molecule has 7 nitrogen and oxygen atoms in total. The lowest BCUT2D eigenvalue weighted by molar-refractivity contribution is 0.0989. The summed E-state index contributed by atoms with van der Waals surface area (Å²) in [5.41, 5.74) is 4.77. The van der Waals surface area contributed by atoms with E-state index in [1.165, 1.54) is 31.3 Å². The van der Waals surface area contributed by atoms with E-state index in [1.807, 2.05) is 30.3 Å². The van der Waals surface area contributed by atoms with Crippen LogP contribution >= 0.6 is 0 Å². The average molecular weight is 583 g/mol. The van der Waals surface area contributed by atoms with Gasteiger partial charge in [0, 0.05) is 52.5 Å². The van der Waals surface area contributed by atoms with E-state index in [-0.39, 0.29) is 23.7 Å². The number of aromatic nitrogens is 1. The van der Waals surface area contributed by atoms with Crippen molar-refractivity contribution in [1.82, 2.24) is 4.98 Å². The molecule has 0 radical (unpaired) electrons. The van der Waals surface area contributed by atoms with Gasteiger partial charge in [0.1, 0.15) is 22.9 Å². The number of para-hydroxylation sites is 1. The molecule has 0 unspecified atom stereocenters. The highest BCUT2D eigenvalue weighted by Crippen LogP contribution is 2.43. The van der Waals surface area contributed by atoms with E-state index in [1.54, 1.807) is 37.3 Å². The van der Waals surface area contributed by atoms with Gasteiger partial charge in [-0.2, -0.15) is 0 Å². The second-order valence-corrected chi connectivity index (χ2v) is 12.2. The quantitative estimate of drug-likeness (QED) is 0.187. The lowest BCUT2D eigenvalue weighted by Crippen LogP contribution is -2.25. The fraction of sp³-hybridized carbons (Fsp3) is 0.121. The van der Waals surface area contributed by atoms with Crippen LogP contribution in [0.4, 0.5) is 10.1 Å². The van der Waals surface area contributed by atoms with Crippen molar-refractivity contribution < 1.29 is 27.1 Å². The third kappa shape index (κ3) is 4.71. The van der Waals surface area contributed by atoms with Crippen LogP contribution < -0.4 is 4.31 Å². The summed E-state index contributed by atoms with van der Waals surface area (Å²) in [7, 11) is -2.25. The largest absolute Gasteiger partial charge is 0.507 e. The predicted octanol–water partition coefficient (Wildman–Crippen LogP) is 7.75. The number of ketones is 1. The van der Waals surface area contributed by atoms with Crippen LogP contribution in [0.1, 0.15) is 23.7 Å². The van der Waals surface area contributed by atoms with Gasteiger partial charge in [-0.3, -0.25) is 9.10 Å². The highest BCUT2D eigenvalue weighted by Gasteiger charge is 2.26. The number of phenolic OH excluding ortho intramolecular Hbond substituents is 1. The molecule has 0 aliphatic heterocycles. The number of aromatic amines is 1. The van der Waals surface area contributed by atoms with Crippen molar-refractivity contribution in [2.75, 3.05) is 17.6 Å². The number of sulfonamides is 1. The van der Waals surface area contributed by atoms with E-state index >= 15 is 0 Å². The molecular weight excluding hydrogens is 555 g/mol. The summed E-state index contributed by atoms with van der Waals surface area (Å²) < 4.78 is 46.5. The molecule has 2 heterocycles. The number of Topliss-reactive ketones (excluding diaryl/α,β-unsaturated/α-hetero) is 1. The Bertz CT molecular complexity index is 2080. The number of nitrogens with zero attached hydrogens (tertiary/aromatic N) is 1. The first kappa shape index (κ1) is 27.3. The van der Waals surface area contributed by atoms with Crippen molar-refractivity contribution in [2.45, 2.75) is 13.3 Å². The van der Waals surface area contributed by atoms with Crippen molar-refractivity contribution >= 4 is 43.4 Å². The normalized spacial score (nSPS) is 11.8. The van der Waals surface area contributed by atoms with Gasteiger partial charge in [-0.25, -0.2) is 12.8 Å². The third-order valence-electron chi connectivity index (χ3n) is 7.48. The zero-order chi connectivity index (χ0) is 29.8. The number of carbonyl (C=O) groups is 1. The summed E-state index contributed by atoms with van der Waals surface area (Å²) in [6, 6.07) is 23.7. The molecule has 0 amide bonds. The topological polar surface area (TPSA) is 104 Å². The molecular formula is C33H27FN2O5S. The van der Waals surface area contributed by atoms with E-state index in [9.17, 15) is 22.7 Å². The second kappa shape index (κ2) is 10.2. The molecule has 0 spiro atoms. The summed E-state index contributed by atoms with van der Waals surface area (Å²) in [6.07, 6.45) is 1.30. The van der Waals surface area contributed by atoms with Gasteiger partial charge in [0.2, 0.25) is 10.0 Å². The molecule has 0 fully saturated rings. The number of anilines is 1. The fourth-order valence-corrected chi connectivity index (χ4v) is 5.71. The van der Waals surface area contributed by atoms with Gasteiger partial charge in [0.05, 0.1) is 23.2 Å². The summed E-state index contributed by atoms with van der Waals surface area (Å²) >= 11 is 0. The second-order valence-electron chi connectivity index (χ2n) is 10.2. The van der Waals surface area contributed by atoms with Gasteiger partial charge in [-0.05, 0) is 60.2 Å². The van der Waals surface area contributed by atoms with Crippen molar-refractivity contribution in [3.63, 3.8) is 0 Å². The Morgan fingerprint density at radius 2 is 1.67 bits per heavy atom. The van der Waals surface area contributed by atoms with Crippen molar-refractivity contribution in [3.8, 4) is 39.5 Å². The number of hydrogen-bond acceptors (Lipinski definition) is 5. The number of halogens is 1. The molecule has 2 aromatic heterocycles. The first-order valence-electron chi connectivity index (χ1n) is 13.3. The number of nitrogens with one attached hydrogen (secondary N) is 1. The molecule has 0 aliphatic rings. The molecule has 6 aromatic rings. The molecule has 0 atom stereocenters. The molecule has 2 N–H and O–H groups in total. The number of hydrogen-bond donors (Lipinski definition) is 2. The maximum Gasteiger partial charge on any atom is 0.232 e. The van der Waals surface area contributed by atoms with Crippen LogP contribution in [0.15, 0.2) is 89.3 Å². The maximum atomic E-state index is 13.7. The fourth-order valence-electron chi connectivity index (χ4n) is 5.20. The number of phenols is 1. The zero-order valence-corrected chi connectivity index (χ0v) is 23.9. The Morgan fingerprint density at radius 3 is 2.36 bits per heavy atom. The van der Waals surface area contributed by atoms with Crippen LogP contribution in [0.3, 0.4) is 0 Å². The molecule has 0 saturated heterocycles. The van der Waals surface area contributed by atoms with E-state index in [0.717, 1.165) is 21.5 Å². The van der Waals surface area contributed by atoms with E-state index < -0.39 is 15.8 Å². The van der Waals surface area contributed by atoms with Crippen molar-refractivity contribution in [3.05, 3.63) is 96.3 Å². The highest BCUT2D eigenvalue weighted by molar-refractivity contribution is 7.92.